The number of hydrogen-bond acceptors (Lipinski definition) is 6. The molecule has 1 aromatic rings. The minimum Gasteiger partial charge on any atom is -0.493 e. The van der Waals surface area contributed by atoms with Gasteiger partial charge in [-0.1, -0.05) is 24.0 Å². The molecule has 0 radical (unpaired) electrons. The standard InChI is InChI=1S/C12H12N2O3S2/c1-16-9-4-3-8(5-10(9)17-2)6-13-14-11(15)7-19-12(14)18/h3-6H,7H2,1-2H3/b13-6-. The lowest BCUT2D eigenvalue weighted by Crippen LogP contribution is -2.22. The number of rotatable bonds is 4. The molecule has 1 aliphatic rings. The van der Waals surface area contributed by atoms with Crippen LogP contribution in [-0.4, -0.2) is 41.4 Å². The van der Waals surface area contributed by atoms with Crippen molar-refractivity contribution in [2.75, 3.05) is 20.0 Å². The average Bonchev–Trinajstić information content (AvgIpc) is 2.75. The molecule has 1 amide bonds. The molecular weight excluding hydrogens is 284 g/mol. The molecule has 1 fully saturated rings. The maximum atomic E-state index is 11.5. The van der Waals surface area contributed by atoms with Crippen molar-refractivity contribution < 1.29 is 14.3 Å². The molecule has 5 nitrogen and oxygen atoms in total. The number of thioether (sulfide) groups is 1. The topological polar surface area (TPSA) is 51.1 Å². The Morgan fingerprint density at radius 3 is 2.68 bits per heavy atom. The molecule has 1 aromatic carbocycles. The molecule has 7 heteroatoms. The van der Waals surface area contributed by atoms with Crippen LogP contribution in [0.15, 0.2) is 23.3 Å². The number of amides is 1. The summed E-state index contributed by atoms with van der Waals surface area (Å²) in [5.41, 5.74) is 0.796. The Hall–Kier alpha value is -1.60. The summed E-state index contributed by atoms with van der Waals surface area (Å²) in [5.74, 6) is 1.49. The minimum atomic E-state index is -0.105. The van der Waals surface area contributed by atoms with Gasteiger partial charge in [-0.2, -0.15) is 10.1 Å². The zero-order valence-corrected chi connectivity index (χ0v) is 12.1. The number of thiocarbonyl (C=S) groups is 1. The van der Waals surface area contributed by atoms with E-state index in [0.29, 0.717) is 21.6 Å². The molecule has 0 aromatic heterocycles. The first-order valence-electron chi connectivity index (χ1n) is 5.41. The Morgan fingerprint density at radius 1 is 1.37 bits per heavy atom. The lowest BCUT2D eigenvalue weighted by atomic mass is 10.2. The van der Waals surface area contributed by atoms with Crippen LogP contribution >= 0.6 is 24.0 Å². The van der Waals surface area contributed by atoms with E-state index in [1.54, 1.807) is 32.6 Å². The van der Waals surface area contributed by atoms with Crippen LogP contribution in [0.1, 0.15) is 5.56 Å². The summed E-state index contributed by atoms with van der Waals surface area (Å²) >= 11 is 6.34. The van der Waals surface area contributed by atoms with E-state index in [1.807, 2.05) is 6.07 Å². The van der Waals surface area contributed by atoms with Crippen molar-refractivity contribution in [3.05, 3.63) is 23.8 Å². The number of carbonyl (C=O) groups is 1. The number of hydrogen-bond donors (Lipinski definition) is 0. The van der Waals surface area contributed by atoms with Crippen molar-refractivity contribution in [2.45, 2.75) is 0 Å². The fourth-order valence-corrected chi connectivity index (χ4v) is 2.48. The fraction of sp³-hybridized carbons (Fsp3) is 0.250. The van der Waals surface area contributed by atoms with Gasteiger partial charge in [0.1, 0.15) is 0 Å². The molecule has 1 aliphatic heterocycles. The average molecular weight is 296 g/mol. The Bertz CT molecular complexity index is 530. The largest absolute Gasteiger partial charge is 0.493 e. The van der Waals surface area contributed by atoms with Crippen LogP contribution in [-0.2, 0) is 4.79 Å². The molecule has 0 N–H and O–H groups in total. The van der Waals surface area contributed by atoms with Crippen molar-refractivity contribution >= 4 is 40.4 Å². The molecule has 1 heterocycles. The molecule has 0 spiro atoms. The van der Waals surface area contributed by atoms with E-state index in [1.165, 1.54) is 16.8 Å². The molecule has 0 bridgehead atoms. The van der Waals surface area contributed by atoms with Gasteiger partial charge in [0.2, 0.25) is 0 Å². The Labute approximate surface area is 120 Å². The predicted octanol–water partition coefficient (Wildman–Crippen LogP) is 1.90. The third kappa shape index (κ3) is 3.05. The summed E-state index contributed by atoms with van der Waals surface area (Å²) in [6.45, 7) is 0. The summed E-state index contributed by atoms with van der Waals surface area (Å²) in [7, 11) is 3.14. The van der Waals surface area contributed by atoms with Crippen molar-refractivity contribution in [2.24, 2.45) is 5.10 Å². The lowest BCUT2D eigenvalue weighted by Gasteiger charge is -2.09. The number of ether oxygens (including phenoxy) is 2. The van der Waals surface area contributed by atoms with E-state index < -0.39 is 0 Å². The molecule has 2 rings (SSSR count). The highest BCUT2D eigenvalue weighted by Gasteiger charge is 2.25. The van der Waals surface area contributed by atoms with E-state index >= 15 is 0 Å². The van der Waals surface area contributed by atoms with Crippen LogP contribution in [0.25, 0.3) is 0 Å². The lowest BCUT2D eigenvalue weighted by molar-refractivity contribution is -0.123. The number of nitrogens with zero attached hydrogens (tertiary/aromatic N) is 2. The van der Waals surface area contributed by atoms with Gasteiger partial charge in [0, 0.05) is 0 Å². The van der Waals surface area contributed by atoms with E-state index in [0.717, 1.165) is 5.56 Å². The highest BCUT2D eigenvalue weighted by atomic mass is 32.2. The first-order chi connectivity index (χ1) is 9.15. The van der Waals surface area contributed by atoms with Crippen molar-refractivity contribution in [3.63, 3.8) is 0 Å². The zero-order chi connectivity index (χ0) is 13.8. The molecule has 100 valence electrons. The van der Waals surface area contributed by atoms with Crippen molar-refractivity contribution in [1.82, 2.24) is 5.01 Å². The second kappa shape index (κ2) is 6.03. The highest BCUT2D eigenvalue weighted by molar-refractivity contribution is 8.23. The Kier molecular flexibility index (Phi) is 4.39. The third-order valence-electron chi connectivity index (χ3n) is 2.46. The van der Waals surface area contributed by atoms with E-state index in [4.69, 9.17) is 21.7 Å². The van der Waals surface area contributed by atoms with Gasteiger partial charge in [0.15, 0.2) is 15.8 Å². The molecule has 0 aliphatic carbocycles. The first kappa shape index (κ1) is 13.8. The van der Waals surface area contributed by atoms with E-state index in [2.05, 4.69) is 5.10 Å². The summed E-state index contributed by atoms with van der Waals surface area (Å²) < 4.78 is 10.8. The van der Waals surface area contributed by atoms with Gasteiger partial charge in [-0.15, -0.1) is 0 Å². The van der Waals surface area contributed by atoms with E-state index in [-0.39, 0.29) is 5.91 Å². The monoisotopic (exact) mass is 296 g/mol. The van der Waals surface area contributed by atoms with Crippen LogP contribution in [0.2, 0.25) is 0 Å². The van der Waals surface area contributed by atoms with Gasteiger partial charge in [0.25, 0.3) is 5.91 Å². The second-order valence-electron chi connectivity index (χ2n) is 3.62. The maximum absolute atomic E-state index is 11.5. The second-order valence-corrected chi connectivity index (χ2v) is 5.23. The molecule has 0 atom stereocenters. The predicted molar refractivity (Wildman–Crippen MR) is 79.0 cm³/mol. The third-order valence-corrected chi connectivity index (χ3v) is 3.80. The number of carbonyl (C=O) groups excluding carboxylic acids is 1. The normalized spacial score (nSPS) is 15.4. The van der Waals surface area contributed by atoms with Crippen molar-refractivity contribution in [3.8, 4) is 11.5 Å². The fourth-order valence-electron chi connectivity index (χ4n) is 1.52. The molecule has 0 unspecified atom stereocenters. The van der Waals surface area contributed by atoms with Gasteiger partial charge in [-0.3, -0.25) is 4.79 Å². The van der Waals surface area contributed by atoms with Crippen LogP contribution in [0, 0.1) is 0 Å². The summed E-state index contributed by atoms with van der Waals surface area (Å²) in [6.07, 6.45) is 1.57. The maximum Gasteiger partial charge on any atom is 0.259 e. The van der Waals surface area contributed by atoms with Crippen LogP contribution < -0.4 is 9.47 Å². The van der Waals surface area contributed by atoms with Gasteiger partial charge in [-0.05, 0) is 23.8 Å². The van der Waals surface area contributed by atoms with Gasteiger partial charge in [0.05, 0.1) is 26.2 Å². The van der Waals surface area contributed by atoms with Crippen molar-refractivity contribution in [1.29, 1.82) is 0 Å². The van der Waals surface area contributed by atoms with Crippen LogP contribution in [0.5, 0.6) is 11.5 Å². The smallest absolute Gasteiger partial charge is 0.259 e. The molecule has 19 heavy (non-hydrogen) atoms. The number of methoxy groups -OCH3 is 2. The SMILES string of the molecule is COc1ccc(/C=N\N2C(=O)CSC2=S)cc1OC. The Balaban J connectivity index is 2.19. The number of benzene rings is 1. The van der Waals surface area contributed by atoms with Gasteiger partial charge < -0.3 is 9.47 Å². The van der Waals surface area contributed by atoms with Gasteiger partial charge >= 0.3 is 0 Å². The molecule has 1 saturated heterocycles. The highest BCUT2D eigenvalue weighted by Crippen LogP contribution is 2.27. The zero-order valence-electron chi connectivity index (χ0n) is 10.5. The first-order valence-corrected chi connectivity index (χ1v) is 6.81. The van der Waals surface area contributed by atoms with Crippen LogP contribution in [0.4, 0.5) is 0 Å². The van der Waals surface area contributed by atoms with Crippen LogP contribution in [0.3, 0.4) is 0 Å². The number of hydrazone groups is 1. The minimum absolute atomic E-state index is 0.105. The summed E-state index contributed by atoms with van der Waals surface area (Å²) in [6, 6.07) is 5.37. The summed E-state index contributed by atoms with van der Waals surface area (Å²) in [4.78, 5) is 11.5. The molecular formula is C12H12N2O3S2. The quantitative estimate of drug-likeness (QED) is 0.627. The Morgan fingerprint density at radius 2 is 2.11 bits per heavy atom. The van der Waals surface area contributed by atoms with Gasteiger partial charge in [-0.25, -0.2) is 0 Å². The summed E-state index contributed by atoms with van der Waals surface area (Å²) in [5, 5.41) is 5.32. The van der Waals surface area contributed by atoms with E-state index in [9.17, 15) is 4.79 Å². The molecule has 0 saturated carbocycles.